The highest BCUT2D eigenvalue weighted by Crippen LogP contribution is 2.08. The number of nitrogens with one attached hydrogen (secondary N) is 2. The second kappa shape index (κ2) is 6.47. The number of carbonyl (C=O) groups excluding carboxylic acids is 2. The first-order valence-corrected chi connectivity index (χ1v) is 6.27. The Hall–Kier alpha value is -1.69. The van der Waals surface area contributed by atoms with Crippen LogP contribution in [-0.2, 0) is 11.3 Å². The average Bonchev–Trinajstić information content (AvgIpc) is 2.34. The van der Waals surface area contributed by atoms with Crippen molar-refractivity contribution in [3.05, 3.63) is 35.4 Å². The van der Waals surface area contributed by atoms with E-state index < -0.39 is 11.7 Å². The minimum atomic E-state index is -0.515. The molecule has 0 saturated carbocycles. The highest BCUT2D eigenvalue weighted by Gasteiger charge is 2.15. The van der Waals surface area contributed by atoms with Crippen LogP contribution in [0.5, 0.6) is 0 Å². The van der Waals surface area contributed by atoms with Gasteiger partial charge in [0.15, 0.2) is 0 Å². The molecule has 1 aromatic carbocycles. The zero-order valence-electron chi connectivity index (χ0n) is 11.2. The van der Waals surface area contributed by atoms with Gasteiger partial charge in [0.25, 0.3) is 5.91 Å². The Balaban J connectivity index is 2.50. The lowest BCUT2D eigenvalue weighted by Crippen LogP contribution is -2.32. The van der Waals surface area contributed by atoms with Crippen molar-refractivity contribution in [2.45, 2.75) is 32.9 Å². The summed E-state index contributed by atoms with van der Waals surface area (Å²) in [6, 6.07) is 6.85. The van der Waals surface area contributed by atoms with Crippen molar-refractivity contribution in [2.24, 2.45) is 0 Å². The van der Waals surface area contributed by atoms with E-state index in [-0.39, 0.29) is 5.91 Å². The molecule has 0 heterocycles. The number of thiol groups is 1. The predicted molar refractivity (Wildman–Crippen MR) is 76.0 cm³/mol. The largest absolute Gasteiger partial charge is 0.444 e. The number of benzene rings is 1. The van der Waals surface area contributed by atoms with Crippen molar-refractivity contribution in [2.75, 3.05) is 0 Å². The van der Waals surface area contributed by atoms with E-state index in [2.05, 4.69) is 22.9 Å². The molecule has 19 heavy (non-hydrogen) atoms. The molecule has 104 valence electrons. The SMILES string of the molecule is CC(C)(C)OC(=O)NCc1ccc(C(=O)NS)cc1. The predicted octanol–water partition coefficient (Wildman–Crippen LogP) is 2.29. The van der Waals surface area contributed by atoms with Crippen LogP contribution in [0.2, 0.25) is 0 Å². The number of amides is 2. The fourth-order valence-electron chi connectivity index (χ4n) is 1.33. The molecule has 1 rings (SSSR count). The highest BCUT2D eigenvalue weighted by atomic mass is 32.1. The van der Waals surface area contributed by atoms with Gasteiger partial charge in [-0.15, -0.1) is 0 Å². The van der Waals surface area contributed by atoms with Crippen molar-refractivity contribution in [3.63, 3.8) is 0 Å². The van der Waals surface area contributed by atoms with Crippen molar-refractivity contribution in [3.8, 4) is 0 Å². The van der Waals surface area contributed by atoms with Gasteiger partial charge in [0.1, 0.15) is 5.60 Å². The van der Waals surface area contributed by atoms with Crippen molar-refractivity contribution >= 4 is 24.8 Å². The molecule has 0 atom stereocenters. The number of alkyl carbamates (subject to hydrolysis) is 1. The van der Waals surface area contributed by atoms with Crippen LogP contribution in [-0.4, -0.2) is 17.6 Å². The Morgan fingerprint density at radius 3 is 2.26 bits per heavy atom. The fraction of sp³-hybridized carbons (Fsp3) is 0.385. The molecule has 0 aliphatic heterocycles. The highest BCUT2D eigenvalue weighted by molar-refractivity contribution is 7.78. The van der Waals surface area contributed by atoms with Crippen LogP contribution in [0.1, 0.15) is 36.7 Å². The van der Waals surface area contributed by atoms with Gasteiger partial charge in [0, 0.05) is 12.1 Å². The van der Waals surface area contributed by atoms with Crippen LogP contribution in [0.4, 0.5) is 4.79 Å². The van der Waals surface area contributed by atoms with Gasteiger partial charge in [-0.05, 0) is 38.5 Å². The molecule has 1 aromatic rings. The zero-order valence-corrected chi connectivity index (χ0v) is 12.1. The third-order valence-corrected chi connectivity index (χ3v) is 2.36. The summed E-state index contributed by atoms with van der Waals surface area (Å²) in [7, 11) is 0. The molecular formula is C13H18N2O3S. The number of hydrogen-bond acceptors (Lipinski definition) is 4. The summed E-state index contributed by atoms with van der Waals surface area (Å²) in [5.41, 5.74) is 0.871. The first kappa shape index (κ1) is 15.4. The molecule has 6 heteroatoms. The molecule has 2 N–H and O–H groups in total. The van der Waals surface area contributed by atoms with E-state index >= 15 is 0 Å². The first-order chi connectivity index (χ1) is 8.81. The van der Waals surface area contributed by atoms with E-state index in [0.29, 0.717) is 12.1 Å². The third kappa shape index (κ3) is 5.65. The number of rotatable bonds is 3. The van der Waals surface area contributed by atoms with Crippen LogP contribution in [0.25, 0.3) is 0 Å². The monoisotopic (exact) mass is 282 g/mol. The fourth-order valence-corrected chi connectivity index (χ4v) is 1.46. The number of ether oxygens (including phenoxy) is 1. The van der Waals surface area contributed by atoms with Gasteiger partial charge in [-0.25, -0.2) is 4.79 Å². The van der Waals surface area contributed by atoms with Gasteiger partial charge in [-0.2, -0.15) is 0 Å². The lowest BCUT2D eigenvalue weighted by Gasteiger charge is -2.19. The summed E-state index contributed by atoms with van der Waals surface area (Å²) >= 11 is 3.69. The molecule has 0 aliphatic rings. The summed E-state index contributed by atoms with van der Waals surface area (Å²) in [6.07, 6.45) is -0.468. The van der Waals surface area contributed by atoms with Crippen LogP contribution >= 0.6 is 12.8 Å². The second-order valence-electron chi connectivity index (χ2n) is 4.99. The van der Waals surface area contributed by atoms with E-state index in [9.17, 15) is 9.59 Å². The summed E-state index contributed by atoms with van der Waals surface area (Å²) < 4.78 is 7.36. The van der Waals surface area contributed by atoms with Crippen molar-refractivity contribution < 1.29 is 14.3 Å². The lowest BCUT2D eigenvalue weighted by molar-refractivity contribution is 0.0523. The summed E-state index contributed by atoms with van der Waals surface area (Å²) in [6.45, 7) is 5.75. The summed E-state index contributed by atoms with van der Waals surface area (Å²) in [5.74, 6) is -0.269. The van der Waals surface area contributed by atoms with Gasteiger partial charge in [0.2, 0.25) is 0 Å². The minimum absolute atomic E-state index is 0.269. The molecule has 5 nitrogen and oxygen atoms in total. The topological polar surface area (TPSA) is 67.4 Å². The maximum absolute atomic E-state index is 11.4. The van der Waals surface area contributed by atoms with Crippen LogP contribution in [0.3, 0.4) is 0 Å². The Labute approximate surface area is 118 Å². The van der Waals surface area contributed by atoms with E-state index in [0.717, 1.165) is 5.56 Å². The molecular weight excluding hydrogens is 264 g/mol. The third-order valence-electron chi connectivity index (χ3n) is 2.15. The normalized spacial score (nSPS) is 10.7. The van der Waals surface area contributed by atoms with E-state index in [1.54, 1.807) is 45.0 Å². The molecule has 0 radical (unpaired) electrons. The molecule has 0 fully saturated rings. The maximum atomic E-state index is 11.4. The molecule has 0 unspecified atom stereocenters. The minimum Gasteiger partial charge on any atom is -0.444 e. The molecule has 0 bridgehead atoms. The van der Waals surface area contributed by atoms with Crippen LogP contribution in [0, 0.1) is 0 Å². The van der Waals surface area contributed by atoms with Crippen molar-refractivity contribution in [1.29, 1.82) is 0 Å². The van der Waals surface area contributed by atoms with E-state index in [1.807, 2.05) is 0 Å². The molecule has 2 amide bonds. The quantitative estimate of drug-likeness (QED) is 0.745. The smallest absolute Gasteiger partial charge is 0.407 e. The van der Waals surface area contributed by atoms with E-state index in [1.165, 1.54) is 0 Å². The Morgan fingerprint density at radius 2 is 1.79 bits per heavy atom. The van der Waals surface area contributed by atoms with Crippen LogP contribution < -0.4 is 10.0 Å². The van der Waals surface area contributed by atoms with E-state index in [4.69, 9.17) is 4.74 Å². The lowest BCUT2D eigenvalue weighted by atomic mass is 10.1. The Bertz CT molecular complexity index is 452. The Kier molecular flexibility index (Phi) is 5.23. The number of hydrogen-bond donors (Lipinski definition) is 3. The van der Waals surface area contributed by atoms with Crippen LogP contribution in [0.15, 0.2) is 24.3 Å². The standard InChI is InChI=1S/C13H18N2O3S/c1-13(2,3)18-12(17)14-8-9-4-6-10(7-5-9)11(16)15-19/h4-7,19H,8H2,1-3H3,(H,14,17)(H,15,16). The first-order valence-electron chi connectivity index (χ1n) is 5.82. The zero-order chi connectivity index (χ0) is 14.5. The van der Waals surface area contributed by atoms with Gasteiger partial charge < -0.3 is 10.1 Å². The Morgan fingerprint density at radius 1 is 1.21 bits per heavy atom. The number of carbonyl (C=O) groups is 2. The average molecular weight is 282 g/mol. The molecule has 0 spiro atoms. The second-order valence-corrected chi connectivity index (χ2v) is 5.22. The van der Waals surface area contributed by atoms with Gasteiger partial charge in [-0.3, -0.25) is 9.52 Å². The van der Waals surface area contributed by atoms with Crippen molar-refractivity contribution in [1.82, 2.24) is 10.0 Å². The summed E-state index contributed by atoms with van der Waals surface area (Å²) in [4.78, 5) is 22.7. The summed E-state index contributed by atoms with van der Waals surface area (Å²) in [5, 5.41) is 2.64. The molecule has 0 saturated heterocycles. The molecule has 0 aromatic heterocycles. The molecule has 0 aliphatic carbocycles. The maximum Gasteiger partial charge on any atom is 0.407 e. The van der Waals surface area contributed by atoms with Gasteiger partial charge in [0.05, 0.1) is 0 Å². The van der Waals surface area contributed by atoms with Gasteiger partial charge in [-0.1, -0.05) is 24.9 Å². The van der Waals surface area contributed by atoms with Gasteiger partial charge >= 0.3 is 6.09 Å².